The molecule has 0 amide bonds. The van der Waals surface area contributed by atoms with Crippen molar-refractivity contribution in [3.63, 3.8) is 0 Å². The number of oxazole rings is 1. The smallest absolute Gasteiger partial charge is 0.236 e. The van der Waals surface area contributed by atoms with Crippen molar-refractivity contribution in [2.75, 3.05) is 6.54 Å². The van der Waals surface area contributed by atoms with E-state index in [4.69, 9.17) is 4.42 Å². The predicted molar refractivity (Wildman–Crippen MR) is 97.9 cm³/mol. The zero-order valence-electron chi connectivity index (χ0n) is 13.5. The van der Waals surface area contributed by atoms with E-state index in [1.807, 2.05) is 42.6 Å². The van der Waals surface area contributed by atoms with E-state index in [0.29, 0.717) is 19.0 Å². The van der Waals surface area contributed by atoms with Crippen molar-refractivity contribution in [3.05, 3.63) is 65.4 Å². The lowest BCUT2D eigenvalue weighted by molar-refractivity contribution is 0.573. The predicted octanol–water partition coefficient (Wildman–Crippen LogP) is 3.66. The standard InChI is InChI=1S/C18H20N4OS/c1-2-19-18(20-11-14-7-4-3-5-8-14)21-12-15-13-23-17(22-15)16-9-6-10-24-16/h3-10,13H,2,11-12H2,1H3,(H2,19,20,21). The third-order valence-electron chi connectivity index (χ3n) is 3.33. The van der Waals surface area contributed by atoms with Crippen molar-refractivity contribution in [1.29, 1.82) is 0 Å². The van der Waals surface area contributed by atoms with E-state index in [2.05, 4.69) is 32.7 Å². The van der Waals surface area contributed by atoms with Gasteiger partial charge in [-0.1, -0.05) is 36.4 Å². The van der Waals surface area contributed by atoms with Crippen LogP contribution in [0.2, 0.25) is 0 Å². The molecular formula is C18H20N4OS. The number of thiophene rings is 1. The zero-order valence-corrected chi connectivity index (χ0v) is 14.3. The largest absolute Gasteiger partial charge is 0.443 e. The van der Waals surface area contributed by atoms with Gasteiger partial charge in [0.15, 0.2) is 5.96 Å². The van der Waals surface area contributed by atoms with Gasteiger partial charge in [-0.25, -0.2) is 9.98 Å². The SMILES string of the molecule is CCNC(=NCc1ccccc1)NCc1coc(-c2cccs2)n1. The fourth-order valence-corrected chi connectivity index (χ4v) is 2.83. The second kappa shape index (κ2) is 8.31. The van der Waals surface area contributed by atoms with E-state index in [-0.39, 0.29) is 0 Å². The first-order chi connectivity index (χ1) is 11.8. The maximum absolute atomic E-state index is 5.53. The summed E-state index contributed by atoms with van der Waals surface area (Å²) in [6.07, 6.45) is 1.68. The Kier molecular flexibility index (Phi) is 5.63. The summed E-state index contributed by atoms with van der Waals surface area (Å²) in [5.74, 6) is 1.43. The highest BCUT2D eigenvalue weighted by molar-refractivity contribution is 7.13. The second-order valence-electron chi connectivity index (χ2n) is 5.16. The summed E-state index contributed by atoms with van der Waals surface area (Å²) in [7, 11) is 0. The number of hydrogen-bond acceptors (Lipinski definition) is 4. The van der Waals surface area contributed by atoms with Gasteiger partial charge in [0, 0.05) is 6.54 Å². The minimum absolute atomic E-state index is 0.565. The van der Waals surface area contributed by atoms with Crippen LogP contribution in [0.4, 0.5) is 0 Å². The van der Waals surface area contributed by atoms with Crippen LogP contribution in [0.3, 0.4) is 0 Å². The first kappa shape index (κ1) is 16.3. The molecule has 3 aromatic rings. The van der Waals surface area contributed by atoms with Crippen LogP contribution in [-0.4, -0.2) is 17.5 Å². The molecular weight excluding hydrogens is 320 g/mol. The molecule has 24 heavy (non-hydrogen) atoms. The minimum atomic E-state index is 0.565. The van der Waals surface area contributed by atoms with Crippen LogP contribution in [0.1, 0.15) is 18.2 Å². The minimum Gasteiger partial charge on any atom is -0.443 e. The second-order valence-corrected chi connectivity index (χ2v) is 6.10. The monoisotopic (exact) mass is 340 g/mol. The summed E-state index contributed by atoms with van der Waals surface area (Å²) in [5, 5.41) is 8.54. The van der Waals surface area contributed by atoms with Gasteiger partial charge in [-0.3, -0.25) is 0 Å². The number of nitrogens with one attached hydrogen (secondary N) is 2. The van der Waals surface area contributed by atoms with Crippen LogP contribution in [0, 0.1) is 0 Å². The quantitative estimate of drug-likeness (QED) is 0.531. The fourth-order valence-electron chi connectivity index (χ4n) is 2.17. The zero-order chi connectivity index (χ0) is 16.6. The maximum Gasteiger partial charge on any atom is 0.236 e. The third kappa shape index (κ3) is 4.45. The number of aliphatic imine (C=N–C) groups is 1. The van der Waals surface area contributed by atoms with Crippen molar-refractivity contribution in [3.8, 4) is 10.8 Å². The molecule has 0 aliphatic carbocycles. The van der Waals surface area contributed by atoms with Crippen molar-refractivity contribution < 1.29 is 4.42 Å². The van der Waals surface area contributed by atoms with Crippen LogP contribution in [0.5, 0.6) is 0 Å². The fraction of sp³-hybridized carbons (Fsp3) is 0.222. The lowest BCUT2D eigenvalue weighted by Gasteiger charge is -2.09. The summed E-state index contributed by atoms with van der Waals surface area (Å²) in [6, 6.07) is 14.2. The normalized spacial score (nSPS) is 11.5. The number of rotatable bonds is 6. The molecule has 0 radical (unpaired) electrons. The Balaban J connectivity index is 1.59. The van der Waals surface area contributed by atoms with Gasteiger partial charge in [0.25, 0.3) is 0 Å². The van der Waals surface area contributed by atoms with Crippen LogP contribution >= 0.6 is 11.3 Å². The van der Waals surface area contributed by atoms with Gasteiger partial charge in [0.2, 0.25) is 5.89 Å². The molecule has 5 nitrogen and oxygen atoms in total. The van der Waals surface area contributed by atoms with Crippen molar-refractivity contribution in [1.82, 2.24) is 15.6 Å². The molecule has 0 saturated heterocycles. The summed E-state index contributed by atoms with van der Waals surface area (Å²) in [6.45, 7) is 4.05. The molecule has 0 bridgehead atoms. The van der Waals surface area contributed by atoms with Gasteiger partial charge in [0.1, 0.15) is 6.26 Å². The average Bonchev–Trinajstić information content (AvgIpc) is 3.29. The summed E-state index contributed by atoms with van der Waals surface area (Å²) in [4.78, 5) is 10.1. The molecule has 0 atom stereocenters. The highest BCUT2D eigenvalue weighted by Crippen LogP contribution is 2.23. The Morgan fingerprint density at radius 2 is 2.04 bits per heavy atom. The van der Waals surface area contributed by atoms with Crippen molar-refractivity contribution >= 4 is 17.3 Å². The molecule has 2 aromatic heterocycles. The van der Waals surface area contributed by atoms with E-state index in [1.165, 1.54) is 5.56 Å². The number of benzene rings is 1. The van der Waals surface area contributed by atoms with Gasteiger partial charge in [-0.2, -0.15) is 0 Å². The van der Waals surface area contributed by atoms with Gasteiger partial charge >= 0.3 is 0 Å². The molecule has 0 saturated carbocycles. The van der Waals surface area contributed by atoms with Crippen molar-refractivity contribution in [2.45, 2.75) is 20.0 Å². The molecule has 2 heterocycles. The summed E-state index contributed by atoms with van der Waals surface area (Å²) < 4.78 is 5.53. The van der Waals surface area contributed by atoms with Gasteiger partial charge in [-0.15, -0.1) is 11.3 Å². The van der Waals surface area contributed by atoms with Crippen LogP contribution in [0.15, 0.2) is 63.5 Å². The maximum atomic E-state index is 5.53. The number of aromatic nitrogens is 1. The van der Waals surface area contributed by atoms with E-state index in [0.717, 1.165) is 23.1 Å². The Bertz CT molecular complexity index is 765. The molecule has 6 heteroatoms. The Hall–Kier alpha value is -2.60. The summed E-state index contributed by atoms with van der Waals surface area (Å²) >= 11 is 1.61. The molecule has 0 spiro atoms. The highest BCUT2D eigenvalue weighted by Gasteiger charge is 2.08. The molecule has 3 rings (SSSR count). The molecule has 0 aliphatic rings. The Morgan fingerprint density at radius 1 is 1.17 bits per heavy atom. The lowest BCUT2D eigenvalue weighted by Crippen LogP contribution is -2.36. The van der Waals surface area contributed by atoms with Crippen LogP contribution < -0.4 is 10.6 Å². The first-order valence-corrected chi connectivity index (χ1v) is 8.77. The van der Waals surface area contributed by atoms with E-state index >= 15 is 0 Å². The van der Waals surface area contributed by atoms with Gasteiger partial charge in [-0.05, 0) is 23.9 Å². The molecule has 0 aliphatic heterocycles. The number of guanidine groups is 1. The van der Waals surface area contributed by atoms with Gasteiger partial charge in [0.05, 0.1) is 23.7 Å². The molecule has 0 fully saturated rings. The highest BCUT2D eigenvalue weighted by atomic mass is 32.1. The Morgan fingerprint density at radius 3 is 2.79 bits per heavy atom. The molecule has 1 aromatic carbocycles. The van der Waals surface area contributed by atoms with E-state index < -0.39 is 0 Å². The average molecular weight is 340 g/mol. The van der Waals surface area contributed by atoms with Crippen LogP contribution in [0.25, 0.3) is 10.8 Å². The first-order valence-electron chi connectivity index (χ1n) is 7.89. The summed E-state index contributed by atoms with van der Waals surface area (Å²) in [5.41, 5.74) is 2.03. The van der Waals surface area contributed by atoms with Gasteiger partial charge < -0.3 is 15.1 Å². The number of nitrogens with zero attached hydrogens (tertiary/aromatic N) is 2. The van der Waals surface area contributed by atoms with Crippen LogP contribution in [-0.2, 0) is 13.1 Å². The third-order valence-corrected chi connectivity index (χ3v) is 4.19. The molecule has 2 N–H and O–H groups in total. The number of hydrogen-bond donors (Lipinski definition) is 2. The van der Waals surface area contributed by atoms with E-state index in [1.54, 1.807) is 17.6 Å². The Labute approximate surface area is 145 Å². The van der Waals surface area contributed by atoms with Crippen molar-refractivity contribution in [2.24, 2.45) is 4.99 Å². The van der Waals surface area contributed by atoms with E-state index in [9.17, 15) is 0 Å². The topological polar surface area (TPSA) is 62.5 Å². The lowest BCUT2D eigenvalue weighted by atomic mass is 10.2. The molecule has 124 valence electrons. The molecule has 0 unspecified atom stereocenters.